The molecule has 0 atom stereocenters. The minimum absolute atomic E-state index is 0.240. The van der Waals surface area contributed by atoms with Gasteiger partial charge in [-0.3, -0.25) is 14.9 Å². The van der Waals surface area contributed by atoms with Gasteiger partial charge in [-0.2, -0.15) is 0 Å². The number of hydrogen-bond acceptors (Lipinski definition) is 4. The molecule has 3 amide bonds. The molecule has 0 aromatic carbocycles. The summed E-state index contributed by atoms with van der Waals surface area (Å²) in [6.07, 6.45) is -0.240. The molecule has 0 unspecified atom stereocenters. The van der Waals surface area contributed by atoms with Gasteiger partial charge in [-0.15, -0.1) is 0 Å². The number of carboxylic acid groups (broad SMARTS) is 1. The Morgan fingerprint density at radius 1 is 1.11 bits per heavy atom. The van der Waals surface area contributed by atoms with Crippen LogP contribution >= 0.6 is 0 Å². The Morgan fingerprint density at radius 2 is 1.63 bits per heavy atom. The number of carbonyl (C=O) groups is 3. The van der Waals surface area contributed by atoms with Gasteiger partial charge in [-0.25, -0.2) is 4.79 Å². The second-order valence-electron chi connectivity index (χ2n) is 5.44. The van der Waals surface area contributed by atoms with Crippen LogP contribution in [0.2, 0.25) is 0 Å². The number of hydrogen-bond donors (Lipinski definition) is 2. The molecule has 110 valence electrons. The van der Waals surface area contributed by atoms with Crippen molar-refractivity contribution in [3.8, 4) is 0 Å². The number of carboxylic acids is 1. The molecule has 19 heavy (non-hydrogen) atoms. The summed E-state index contributed by atoms with van der Waals surface area (Å²) in [7, 11) is 5.34. The van der Waals surface area contributed by atoms with Gasteiger partial charge in [0.2, 0.25) is 5.91 Å². The number of aliphatic carboxylic acids is 1. The summed E-state index contributed by atoms with van der Waals surface area (Å²) in [5, 5.41) is 11.1. The topological polar surface area (TPSA) is 90.0 Å². The molecule has 0 aliphatic heterocycles. The van der Waals surface area contributed by atoms with Gasteiger partial charge in [0.25, 0.3) is 0 Å². The first-order valence-electron chi connectivity index (χ1n) is 5.99. The molecule has 7 heteroatoms. The number of rotatable bonds is 6. The average molecular weight is 273 g/mol. The lowest BCUT2D eigenvalue weighted by atomic mass is 9.89. The van der Waals surface area contributed by atoms with E-state index in [1.54, 1.807) is 7.05 Å². The second-order valence-corrected chi connectivity index (χ2v) is 5.44. The maximum atomic E-state index is 11.6. The van der Waals surface area contributed by atoms with Crippen LogP contribution in [0.15, 0.2) is 0 Å². The Hall–Kier alpha value is -1.63. The highest BCUT2D eigenvalue weighted by molar-refractivity contribution is 5.96. The normalized spacial score (nSPS) is 11.3. The molecule has 0 heterocycles. The Balaban J connectivity index is 4.26. The number of urea groups is 1. The van der Waals surface area contributed by atoms with E-state index in [9.17, 15) is 14.4 Å². The molecule has 2 N–H and O–H groups in total. The Morgan fingerprint density at radius 3 is 2.05 bits per heavy atom. The van der Waals surface area contributed by atoms with Crippen LogP contribution in [0.3, 0.4) is 0 Å². The number of carbonyl (C=O) groups excluding carboxylic acids is 2. The molecule has 0 spiro atoms. The summed E-state index contributed by atoms with van der Waals surface area (Å²) in [6, 6.07) is -0.520. The van der Waals surface area contributed by atoms with Crippen LogP contribution in [0.1, 0.15) is 20.3 Å². The Kier molecular flexibility index (Phi) is 6.47. The van der Waals surface area contributed by atoms with Gasteiger partial charge in [0.15, 0.2) is 0 Å². The van der Waals surface area contributed by atoms with Gasteiger partial charge in [-0.1, -0.05) is 0 Å². The summed E-state index contributed by atoms with van der Waals surface area (Å²) in [4.78, 5) is 37.4. The fourth-order valence-corrected chi connectivity index (χ4v) is 1.19. The number of imide groups is 1. The van der Waals surface area contributed by atoms with E-state index < -0.39 is 23.3 Å². The highest BCUT2D eigenvalue weighted by Crippen LogP contribution is 2.19. The maximum Gasteiger partial charge on any atom is 0.323 e. The molecule has 0 aliphatic carbocycles. The van der Waals surface area contributed by atoms with E-state index in [1.807, 2.05) is 19.0 Å². The quantitative estimate of drug-likeness (QED) is 0.722. The molecular formula is C12H23N3O4. The first-order chi connectivity index (χ1) is 8.56. The SMILES string of the molecule is CN(C)CCN(C)C(=O)NC(=O)CC(C)(C)C(=O)O. The third kappa shape index (κ3) is 6.76. The van der Waals surface area contributed by atoms with Gasteiger partial charge >= 0.3 is 12.0 Å². The summed E-state index contributed by atoms with van der Waals surface area (Å²) < 4.78 is 0. The monoisotopic (exact) mass is 273 g/mol. The molecule has 0 saturated heterocycles. The second kappa shape index (κ2) is 7.08. The van der Waals surface area contributed by atoms with Crippen molar-refractivity contribution in [1.82, 2.24) is 15.1 Å². The molecule has 0 bridgehead atoms. The number of nitrogens with zero attached hydrogens (tertiary/aromatic N) is 2. The van der Waals surface area contributed by atoms with E-state index in [0.29, 0.717) is 13.1 Å². The van der Waals surface area contributed by atoms with E-state index >= 15 is 0 Å². The van der Waals surface area contributed by atoms with E-state index in [0.717, 1.165) is 0 Å². The van der Waals surface area contributed by atoms with Crippen LogP contribution in [-0.4, -0.2) is 67.0 Å². The largest absolute Gasteiger partial charge is 0.481 e. The van der Waals surface area contributed by atoms with Crippen LogP contribution in [-0.2, 0) is 9.59 Å². The number of likely N-dealkylation sites (N-methyl/N-ethyl adjacent to an activating group) is 2. The lowest BCUT2D eigenvalue weighted by Crippen LogP contribution is -2.44. The molecule has 0 aromatic rings. The van der Waals surface area contributed by atoms with Crippen molar-refractivity contribution < 1.29 is 19.5 Å². The highest BCUT2D eigenvalue weighted by Gasteiger charge is 2.30. The summed E-state index contributed by atoms with van der Waals surface area (Å²) >= 11 is 0. The zero-order valence-corrected chi connectivity index (χ0v) is 12.2. The van der Waals surface area contributed by atoms with E-state index in [4.69, 9.17) is 5.11 Å². The molecule has 0 aromatic heterocycles. The van der Waals surface area contributed by atoms with Crippen LogP contribution < -0.4 is 5.32 Å². The fourth-order valence-electron chi connectivity index (χ4n) is 1.19. The van der Waals surface area contributed by atoms with Gasteiger partial charge in [0.05, 0.1) is 5.41 Å². The van der Waals surface area contributed by atoms with Gasteiger partial charge in [-0.05, 0) is 27.9 Å². The predicted octanol–water partition coefficient (Wildman–Crippen LogP) is 0.217. The van der Waals surface area contributed by atoms with Gasteiger partial charge in [0.1, 0.15) is 0 Å². The summed E-state index contributed by atoms with van der Waals surface area (Å²) in [5.41, 5.74) is -1.19. The average Bonchev–Trinajstić information content (AvgIpc) is 2.24. The van der Waals surface area contributed by atoms with Crippen molar-refractivity contribution in [2.45, 2.75) is 20.3 Å². The lowest BCUT2D eigenvalue weighted by Gasteiger charge is -2.21. The van der Waals surface area contributed by atoms with E-state index in [-0.39, 0.29) is 6.42 Å². The molecular weight excluding hydrogens is 250 g/mol. The van der Waals surface area contributed by atoms with Crippen LogP contribution in [0.5, 0.6) is 0 Å². The van der Waals surface area contributed by atoms with Crippen molar-refractivity contribution in [3.63, 3.8) is 0 Å². The van der Waals surface area contributed by atoms with Gasteiger partial charge < -0.3 is 14.9 Å². The zero-order chi connectivity index (χ0) is 15.2. The zero-order valence-electron chi connectivity index (χ0n) is 12.2. The third-order valence-electron chi connectivity index (χ3n) is 2.66. The molecule has 7 nitrogen and oxygen atoms in total. The number of amides is 3. The molecule has 0 saturated carbocycles. The van der Waals surface area contributed by atoms with Crippen molar-refractivity contribution in [2.75, 3.05) is 34.2 Å². The minimum atomic E-state index is -1.19. The minimum Gasteiger partial charge on any atom is -0.481 e. The first-order valence-corrected chi connectivity index (χ1v) is 5.99. The molecule has 0 aliphatic rings. The molecule has 0 radical (unpaired) electrons. The maximum absolute atomic E-state index is 11.6. The molecule has 0 rings (SSSR count). The van der Waals surface area contributed by atoms with Crippen molar-refractivity contribution in [2.24, 2.45) is 5.41 Å². The lowest BCUT2D eigenvalue weighted by molar-refractivity contribution is -0.149. The van der Waals surface area contributed by atoms with E-state index in [1.165, 1.54) is 18.7 Å². The summed E-state index contributed by atoms with van der Waals surface area (Å²) in [5.74, 6) is -1.66. The van der Waals surface area contributed by atoms with E-state index in [2.05, 4.69) is 5.32 Å². The van der Waals surface area contributed by atoms with Crippen molar-refractivity contribution in [3.05, 3.63) is 0 Å². The van der Waals surface area contributed by atoms with Crippen LogP contribution in [0, 0.1) is 5.41 Å². The van der Waals surface area contributed by atoms with Crippen LogP contribution in [0.25, 0.3) is 0 Å². The molecule has 0 fully saturated rings. The van der Waals surface area contributed by atoms with Crippen molar-refractivity contribution in [1.29, 1.82) is 0 Å². The highest BCUT2D eigenvalue weighted by atomic mass is 16.4. The smallest absolute Gasteiger partial charge is 0.323 e. The van der Waals surface area contributed by atoms with Gasteiger partial charge in [0, 0.05) is 26.6 Å². The van der Waals surface area contributed by atoms with Crippen LogP contribution in [0.4, 0.5) is 4.79 Å². The Bertz CT molecular complexity index is 353. The van der Waals surface area contributed by atoms with Crippen molar-refractivity contribution >= 4 is 17.9 Å². The summed E-state index contributed by atoms with van der Waals surface area (Å²) in [6.45, 7) is 4.04. The predicted molar refractivity (Wildman–Crippen MR) is 70.8 cm³/mol. The Labute approximate surface area is 113 Å². The fraction of sp³-hybridized carbons (Fsp3) is 0.750. The number of nitrogens with one attached hydrogen (secondary N) is 1. The first kappa shape index (κ1) is 17.4. The standard InChI is InChI=1S/C12H23N3O4/c1-12(2,10(17)18)8-9(16)13-11(19)15(5)7-6-14(3)4/h6-8H2,1-5H3,(H,17,18)(H,13,16,19). The third-order valence-corrected chi connectivity index (χ3v) is 2.66.